The number of aromatic nitrogens is 1. The molecule has 4 nitrogen and oxygen atoms in total. The summed E-state index contributed by atoms with van der Waals surface area (Å²) in [5, 5.41) is 0.636. The van der Waals surface area contributed by atoms with Crippen molar-refractivity contribution in [2.45, 2.75) is 19.9 Å². The lowest BCUT2D eigenvalue weighted by Gasteiger charge is -2.29. The molecular weight excluding hydrogens is 432 g/mol. The summed E-state index contributed by atoms with van der Waals surface area (Å²) >= 11 is 6.60. The number of rotatable bonds is 4. The topological polar surface area (TPSA) is 34.5 Å². The zero-order valence-corrected chi connectivity index (χ0v) is 19.5. The van der Waals surface area contributed by atoms with Gasteiger partial charge in [-0.1, -0.05) is 48.0 Å². The molecule has 0 saturated carbocycles. The first kappa shape index (κ1) is 21.4. The SMILES string of the molecule is COc1ccc(-c2cc(C(=O)N3CCc4ccccc4C3)c(C)n2-c2ccccc2Cl)cc1. The molecule has 1 aliphatic rings. The van der Waals surface area contributed by atoms with Gasteiger partial charge >= 0.3 is 0 Å². The van der Waals surface area contributed by atoms with Crippen LogP contribution in [-0.2, 0) is 13.0 Å². The molecule has 3 aromatic carbocycles. The van der Waals surface area contributed by atoms with E-state index >= 15 is 0 Å². The van der Waals surface area contributed by atoms with Gasteiger partial charge in [0.05, 0.1) is 29.1 Å². The van der Waals surface area contributed by atoms with Crippen LogP contribution < -0.4 is 4.74 Å². The summed E-state index contributed by atoms with van der Waals surface area (Å²) in [7, 11) is 1.65. The van der Waals surface area contributed by atoms with E-state index in [9.17, 15) is 4.79 Å². The molecule has 5 rings (SSSR count). The number of methoxy groups -OCH3 is 1. The number of hydrogen-bond donors (Lipinski definition) is 0. The van der Waals surface area contributed by atoms with Gasteiger partial charge in [-0.2, -0.15) is 0 Å². The van der Waals surface area contributed by atoms with Crippen LogP contribution in [0, 0.1) is 6.92 Å². The van der Waals surface area contributed by atoms with Gasteiger partial charge in [0.2, 0.25) is 0 Å². The molecule has 0 bridgehead atoms. The van der Waals surface area contributed by atoms with E-state index in [-0.39, 0.29) is 5.91 Å². The molecule has 0 atom stereocenters. The molecule has 166 valence electrons. The van der Waals surface area contributed by atoms with Crippen molar-refractivity contribution in [1.82, 2.24) is 9.47 Å². The molecule has 4 aromatic rings. The average Bonchev–Trinajstić information content (AvgIpc) is 3.20. The molecule has 1 aliphatic heterocycles. The van der Waals surface area contributed by atoms with Crippen molar-refractivity contribution in [3.05, 3.63) is 106 Å². The molecule has 33 heavy (non-hydrogen) atoms. The van der Waals surface area contributed by atoms with Crippen molar-refractivity contribution in [1.29, 1.82) is 0 Å². The summed E-state index contributed by atoms with van der Waals surface area (Å²) in [5.74, 6) is 0.831. The zero-order valence-electron chi connectivity index (χ0n) is 18.7. The van der Waals surface area contributed by atoms with Gasteiger partial charge < -0.3 is 14.2 Å². The van der Waals surface area contributed by atoms with Crippen LogP contribution in [0.2, 0.25) is 5.02 Å². The number of benzene rings is 3. The van der Waals surface area contributed by atoms with E-state index in [4.69, 9.17) is 16.3 Å². The molecular formula is C28H25ClN2O2. The van der Waals surface area contributed by atoms with Gasteiger partial charge in [-0.25, -0.2) is 0 Å². The Kier molecular flexibility index (Phi) is 5.69. The van der Waals surface area contributed by atoms with E-state index < -0.39 is 0 Å². The number of carbonyl (C=O) groups is 1. The number of nitrogens with zero attached hydrogens (tertiary/aromatic N) is 2. The maximum Gasteiger partial charge on any atom is 0.256 e. The van der Waals surface area contributed by atoms with E-state index in [0.717, 1.165) is 34.8 Å². The van der Waals surface area contributed by atoms with Crippen LogP contribution in [0.15, 0.2) is 78.9 Å². The van der Waals surface area contributed by atoms with Crippen LogP contribution in [0.3, 0.4) is 0 Å². The Morgan fingerprint density at radius 1 is 0.939 bits per heavy atom. The Morgan fingerprint density at radius 2 is 1.64 bits per heavy atom. The second-order valence-electron chi connectivity index (χ2n) is 8.29. The maximum absolute atomic E-state index is 13.7. The lowest BCUT2D eigenvalue weighted by Crippen LogP contribution is -2.36. The summed E-state index contributed by atoms with van der Waals surface area (Å²) in [6.07, 6.45) is 0.873. The van der Waals surface area contributed by atoms with Crippen LogP contribution >= 0.6 is 11.6 Å². The Morgan fingerprint density at radius 3 is 2.36 bits per heavy atom. The Balaban J connectivity index is 1.60. The fraction of sp³-hybridized carbons (Fsp3) is 0.179. The number of fused-ring (bicyclic) bond motifs is 1. The standard InChI is InChI=1S/C28H25ClN2O2/c1-19-24(28(32)30-16-15-20-7-3-4-8-22(20)18-30)17-27(21-11-13-23(33-2)14-12-21)31(19)26-10-6-5-9-25(26)29/h3-14,17H,15-16,18H2,1-2H3. The largest absolute Gasteiger partial charge is 0.497 e. The summed E-state index contributed by atoms with van der Waals surface area (Å²) in [6.45, 7) is 3.33. The number of amides is 1. The van der Waals surface area contributed by atoms with Gasteiger partial charge in [0.25, 0.3) is 5.91 Å². The molecule has 2 heterocycles. The monoisotopic (exact) mass is 456 g/mol. The van der Waals surface area contributed by atoms with Gasteiger partial charge in [-0.05, 0) is 72.5 Å². The van der Waals surface area contributed by atoms with Gasteiger partial charge in [-0.15, -0.1) is 0 Å². The highest BCUT2D eigenvalue weighted by Gasteiger charge is 2.26. The molecule has 0 aliphatic carbocycles. The Bertz CT molecular complexity index is 1320. The molecule has 0 saturated heterocycles. The Labute approximate surface area is 199 Å². The van der Waals surface area contributed by atoms with Crippen molar-refractivity contribution >= 4 is 17.5 Å². The highest BCUT2D eigenvalue weighted by molar-refractivity contribution is 6.32. The number of hydrogen-bond acceptors (Lipinski definition) is 2. The lowest BCUT2D eigenvalue weighted by molar-refractivity contribution is 0.0734. The van der Waals surface area contributed by atoms with Crippen molar-refractivity contribution < 1.29 is 9.53 Å². The highest BCUT2D eigenvalue weighted by atomic mass is 35.5. The van der Waals surface area contributed by atoms with Crippen LogP contribution in [0.1, 0.15) is 27.2 Å². The first-order valence-electron chi connectivity index (χ1n) is 11.0. The molecule has 0 fully saturated rings. The van der Waals surface area contributed by atoms with Gasteiger partial charge in [0, 0.05) is 18.8 Å². The first-order valence-corrected chi connectivity index (χ1v) is 11.4. The van der Waals surface area contributed by atoms with E-state index in [0.29, 0.717) is 23.7 Å². The third-order valence-corrected chi connectivity index (χ3v) is 6.69. The van der Waals surface area contributed by atoms with Crippen LogP contribution in [0.5, 0.6) is 5.75 Å². The molecule has 0 radical (unpaired) electrons. The van der Waals surface area contributed by atoms with Crippen molar-refractivity contribution in [2.75, 3.05) is 13.7 Å². The highest BCUT2D eigenvalue weighted by Crippen LogP contribution is 2.34. The van der Waals surface area contributed by atoms with Crippen LogP contribution in [-0.4, -0.2) is 29.0 Å². The summed E-state index contributed by atoms with van der Waals surface area (Å²) in [4.78, 5) is 15.6. The minimum Gasteiger partial charge on any atom is -0.497 e. The van der Waals surface area contributed by atoms with Crippen molar-refractivity contribution in [2.24, 2.45) is 0 Å². The molecule has 1 aromatic heterocycles. The smallest absolute Gasteiger partial charge is 0.256 e. The predicted molar refractivity (Wildman–Crippen MR) is 132 cm³/mol. The predicted octanol–water partition coefficient (Wildman–Crippen LogP) is 6.31. The summed E-state index contributed by atoms with van der Waals surface area (Å²) in [5.41, 5.74) is 6.87. The third-order valence-electron chi connectivity index (χ3n) is 6.37. The number of halogens is 1. The van der Waals surface area contributed by atoms with Crippen LogP contribution in [0.25, 0.3) is 16.9 Å². The number of ether oxygens (including phenoxy) is 1. The van der Waals surface area contributed by atoms with Crippen molar-refractivity contribution in [3.63, 3.8) is 0 Å². The minimum absolute atomic E-state index is 0.0440. The summed E-state index contributed by atoms with van der Waals surface area (Å²) < 4.78 is 7.40. The quantitative estimate of drug-likeness (QED) is 0.360. The average molecular weight is 457 g/mol. The second kappa shape index (κ2) is 8.80. The Hall–Kier alpha value is -3.50. The van der Waals surface area contributed by atoms with E-state index in [1.54, 1.807) is 7.11 Å². The molecule has 0 spiro atoms. The number of carbonyl (C=O) groups excluding carboxylic acids is 1. The molecule has 5 heteroatoms. The van der Waals surface area contributed by atoms with Gasteiger partial charge in [0.15, 0.2) is 0 Å². The molecule has 0 N–H and O–H groups in total. The minimum atomic E-state index is 0.0440. The second-order valence-corrected chi connectivity index (χ2v) is 8.70. The third kappa shape index (κ3) is 3.91. The normalized spacial score (nSPS) is 13.0. The van der Waals surface area contributed by atoms with Crippen molar-refractivity contribution in [3.8, 4) is 22.7 Å². The molecule has 0 unspecified atom stereocenters. The van der Waals surface area contributed by atoms with Crippen LogP contribution in [0.4, 0.5) is 0 Å². The zero-order chi connectivity index (χ0) is 22.9. The van der Waals surface area contributed by atoms with Gasteiger partial charge in [0.1, 0.15) is 5.75 Å². The summed E-state index contributed by atoms with van der Waals surface area (Å²) in [6, 6.07) is 25.9. The molecule has 1 amide bonds. The van der Waals surface area contributed by atoms with E-state index in [1.165, 1.54) is 11.1 Å². The fourth-order valence-electron chi connectivity index (χ4n) is 4.58. The maximum atomic E-state index is 13.7. The van der Waals surface area contributed by atoms with E-state index in [1.807, 2.05) is 72.5 Å². The lowest BCUT2D eigenvalue weighted by atomic mass is 9.99. The van der Waals surface area contributed by atoms with E-state index in [2.05, 4.69) is 22.8 Å². The fourth-order valence-corrected chi connectivity index (χ4v) is 4.80. The number of para-hydroxylation sites is 1. The first-order chi connectivity index (χ1) is 16.1. The van der Waals surface area contributed by atoms with Gasteiger partial charge in [-0.3, -0.25) is 4.79 Å².